The average Bonchev–Trinajstić information content (AvgIpc) is 3.24. The molecular formula is C21H16Cl2N8O. The number of nitrogens with zero attached hydrogens (tertiary/aromatic N) is 6. The number of halogens is 2. The zero-order valence-electron chi connectivity index (χ0n) is 16.6. The minimum Gasteiger partial charge on any atom is -0.378 e. The number of hydrogen-bond donors (Lipinski definition) is 2. The summed E-state index contributed by atoms with van der Waals surface area (Å²) in [4.78, 5) is 23.0. The van der Waals surface area contributed by atoms with Gasteiger partial charge in [0.2, 0.25) is 0 Å². The summed E-state index contributed by atoms with van der Waals surface area (Å²) >= 11 is 12.7. The molecule has 1 aromatic carbocycles. The number of rotatable bonds is 4. The van der Waals surface area contributed by atoms with E-state index < -0.39 is 0 Å². The Hall–Kier alpha value is -3.45. The second kappa shape index (κ2) is 8.59. The summed E-state index contributed by atoms with van der Waals surface area (Å²) in [5.74, 6) is 1.58. The van der Waals surface area contributed by atoms with Crippen molar-refractivity contribution in [1.82, 2.24) is 24.9 Å². The van der Waals surface area contributed by atoms with Crippen LogP contribution in [0.3, 0.4) is 0 Å². The lowest BCUT2D eigenvalue weighted by molar-refractivity contribution is 0.122. The van der Waals surface area contributed by atoms with Gasteiger partial charge in [-0.05, 0) is 24.3 Å². The first kappa shape index (κ1) is 20.5. The summed E-state index contributed by atoms with van der Waals surface area (Å²) < 4.78 is 5.40. The lowest BCUT2D eigenvalue weighted by Gasteiger charge is -2.28. The van der Waals surface area contributed by atoms with Gasteiger partial charge >= 0.3 is 0 Å². The molecule has 1 fully saturated rings. The Balaban J connectivity index is 1.45. The Morgan fingerprint density at radius 3 is 2.56 bits per heavy atom. The number of imidazole rings is 1. The highest BCUT2D eigenvalue weighted by Crippen LogP contribution is 2.35. The van der Waals surface area contributed by atoms with Gasteiger partial charge in [-0.1, -0.05) is 23.2 Å². The zero-order valence-corrected chi connectivity index (χ0v) is 18.2. The van der Waals surface area contributed by atoms with Crippen LogP contribution >= 0.6 is 23.2 Å². The van der Waals surface area contributed by atoms with Crippen molar-refractivity contribution in [2.45, 2.75) is 0 Å². The van der Waals surface area contributed by atoms with Crippen LogP contribution in [0.5, 0.6) is 0 Å². The molecular weight excluding hydrogens is 451 g/mol. The van der Waals surface area contributed by atoms with Crippen molar-refractivity contribution >= 4 is 51.7 Å². The molecule has 0 atom stereocenters. The number of hydrogen-bond acceptors (Lipinski definition) is 8. The number of morpholine rings is 1. The Kier molecular flexibility index (Phi) is 5.49. The van der Waals surface area contributed by atoms with Crippen molar-refractivity contribution in [3.8, 4) is 17.5 Å². The number of aromatic nitrogens is 5. The number of ether oxygens (including phenoxy) is 1. The molecule has 5 rings (SSSR count). The molecule has 3 aromatic heterocycles. The summed E-state index contributed by atoms with van der Waals surface area (Å²) in [6, 6.07) is 9.01. The number of fused-ring (bicyclic) bond motifs is 1. The predicted octanol–water partition coefficient (Wildman–Crippen LogP) is 4.17. The number of H-pyrrole nitrogens is 1. The van der Waals surface area contributed by atoms with E-state index in [1.54, 1.807) is 12.1 Å². The van der Waals surface area contributed by atoms with Crippen molar-refractivity contribution in [3.05, 3.63) is 52.4 Å². The van der Waals surface area contributed by atoms with Gasteiger partial charge in [0.05, 0.1) is 52.3 Å². The van der Waals surface area contributed by atoms with Crippen molar-refractivity contribution in [1.29, 1.82) is 5.26 Å². The summed E-state index contributed by atoms with van der Waals surface area (Å²) in [6.45, 7) is 3.12. The van der Waals surface area contributed by atoms with Gasteiger partial charge in [0.1, 0.15) is 23.5 Å². The van der Waals surface area contributed by atoms with E-state index in [2.05, 4.69) is 35.1 Å². The van der Waals surface area contributed by atoms with E-state index in [0.29, 0.717) is 63.0 Å². The molecule has 1 saturated heterocycles. The minimum absolute atomic E-state index is 0.316. The first-order chi connectivity index (χ1) is 15.6. The summed E-state index contributed by atoms with van der Waals surface area (Å²) in [5, 5.41) is 12.9. The lowest BCUT2D eigenvalue weighted by Crippen LogP contribution is -2.36. The SMILES string of the molecule is N#Cc1cc(Cl)c(-c2nc3ncnc(Nc4ccc(N5CCOCC5)cn4)c3[nH]2)c(Cl)c1. The number of benzene rings is 1. The van der Waals surface area contributed by atoms with Crippen LogP contribution in [-0.4, -0.2) is 51.2 Å². The van der Waals surface area contributed by atoms with Gasteiger partial charge in [-0.25, -0.2) is 19.9 Å². The Morgan fingerprint density at radius 2 is 1.88 bits per heavy atom. The number of nitriles is 1. The molecule has 0 radical (unpaired) electrons. The molecule has 32 heavy (non-hydrogen) atoms. The third-order valence-corrected chi connectivity index (χ3v) is 5.66. The van der Waals surface area contributed by atoms with Crippen molar-refractivity contribution in [2.75, 3.05) is 36.5 Å². The summed E-state index contributed by atoms with van der Waals surface area (Å²) in [7, 11) is 0. The highest BCUT2D eigenvalue weighted by Gasteiger charge is 2.18. The molecule has 1 aliphatic rings. The maximum atomic E-state index is 9.10. The maximum Gasteiger partial charge on any atom is 0.183 e. The fourth-order valence-electron chi connectivity index (χ4n) is 3.50. The van der Waals surface area contributed by atoms with Gasteiger partial charge in [0, 0.05) is 13.1 Å². The van der Waals surface area contributed by atoms with Crippen LogP contribution < -0.4 is 10.2 Å². The molecule has 9 nitrogen and oxygen atoms in total. The van der Waals surface area contributed by atoms with Gasteiger partial charge < -0.3 is 19.9 Å². The molecule has 4 aromatic rings. The van der Waals surface area contributed by atoms with Crippen LogP contribution in [0.1, 0.15) is 5.56 Å². The number of anilines is 3. The van der Waals surface area contributed by atoms with E-state index in [-0.39, 0.29) is 0 Å². The molecule has 0 aliphatic carbocycles. The fourth-order valence-corrected chi connectivity index (χ4v) is 4.16. The molecule has 2 N–H and O–H groups in total. The molecule has 0 saturated carbocycles. The van der Waals surface area contributed by atoms with Crippen LogP contribution in [0.15, 0.2) is 36.8 Å². The first-order valence-electron chi connectivity index (χ1n) is 9.78. The predicted molar refractivity (Wildman–Crippen MR) is 122 cm³/mol. The lowest BCUT2D eigenvalue weighted by atomic mass is 10.1. The van der Waals surface area contributed by atoms with Gasteiger partial charge in [0.15, 0.2) is 11.5 Å². The van der Waals surface area contributed by atoms with E-state index >= 15 is 0 Å². The van der Waals surface area contributed by atoms with Crippen molar-refractivity contribution in [2.24, 2.45) is 0 Å². The van der Waals surface area contributed by atoms with Crippen LogP contribution in [0.4, 0.5) is 17.3 Å². The summed E-state index contributed by atoms with van der Waals surface area (Å²) in [6.07, 6.45) is 3.24. The standard InChI is InChI=1S/C21H16Cl2N8O/c22-14-7-12(9-24)8-15(23)17(14)19-29-18-20(26-11-27-21(18)30-19)28-16-2-1-13(10-25-16)31-3-5-32-6-4-31/h1-2,7-8,10-11H,3-6H2,(H2,25,26,27,28,29,30). The van der Waals surface area contributed by atoms with Crippen LogP contribution in [-0.2, 0) is 4.74 Å². The Bertz CT molecular complexity index is 1300. The van der Waals surface area contributed by atoms with Crippen LogP contribution in [0, 0.1) is 11.3 Å². The number of pyridine rings is 1. The van der Waals surface area contributed by atoms with E-state index in [0.717, 1.165) is 18.8 Å². The molecule has 4 heterocycles. The minimum atomic E-state index is 0.316. The second-order valence-corrected chi connectivity index (χ2v) is 7.87. The van der Waals surface area contributed by atoms with Crippen LogP contribution in [0.25, 0.3) is 22.6 Å². The molecule has 160 valence electrons. The third kappa shape index (κ3) is 3.91. The zero-order chi connectivity index (χ0) is 22.1. The number of nitrogens with one attached hydrogen (secondary N) is 2. The van der Waals surface area contributed by atoms with Crippen molar-refractivity contribution < 1.29 is 4.74 Å². The Labute approximate surface area is 193 Å². The fraction of sp³-hybridized carbons (Fsp3) is 0.190. The second-order valence-electron chi connectivity index (χ2n) is 7.06. The normalized spacial score (nSPS) is 13.8. The van der Waals surface area contributed by atoms with Crippen LogP contribution in [0.2, 0.25) is 10.0 Å². The van der Waals surface area contributed by atoms with Crippen molar-refractivity contribution in [3.63, 3.8) is 0 Å². The molecule has 0 amide bonds. The highest BCUT2D eigenvalue weighted by molar-refractivity contribution is 6.39. The molecule has 0 spiro atoms. The van der Waals surface area contributed by atoms with E-state index in [4.69, 9.17) is 33.2 Å². The summed E-state index contributed by atoms with van der Waals surface area (Å²) in [5.41, 5.74) is 2.93. The Morgan fingerprint density at radius 1 is 1.09 bits per heavy atom. The molecule has 0 unspecified atom stereocenters. The number of aromatic amines is 1. The molecule has 1 aliphatic heterocycles. The molecule has 11 heteroatoms. The highest BCUT2D eigenvalue weighted by atomic mass is 35.5. The average molecular weight is 467 g/mol. The topological polar surface area (TPSA) is 116 Å². The maximum absolute atomic E-state index is 9.10. The van der Waals surface area contributed by atoms with Gasteiger partial charge in [-0.15, -0.1) is 0 Å². The van der Waals surface area contributed by atoms with E-state index in [1.165, 1.54) is 6.33 Å². The quantitative estimate of drug-likeness (QED) is 0.460. The first-order valence-corrected chi connectivity index (χ1v) is 10.5. The van der Waals surface area contributed by atoms with E-state index in [1.807, 2.05) is 24.4 Å². The smallest absolute Gasteiger partial charge is 0.183 e. The van der Waals surface area contributed by atoms with Gasteiger partial charge in [0.25, 0.3) is 0 Å². The third-order valence-electron chi connectivity index (χ3n) is 5.07. The molecule has 0 bridgehead atoms. The largest absolute Gasteiger partial charge is 0.378 e. The van der Waals surface area contributed by atoms with Gasteiger partial charge in [-0.3, -0.25) is 0 Å². The van der Waals surface area contributed by atoms with E-state index in [9.17, 15) is 0 Å². The van der Waals surface area contributed by atoms with Gasteiger partial charge in [-0.2, -0.15) is 5.26 Å². The monoisotopic (exact) mass is 466 g/mol.